The van der Waals surface area contributed by atoms with Gasteiger partial charge in [-0.2, -0.15) is 0 Å². The molecule has 0 aliphatic carbocycles. The first-order valence-corrected chi connectivity index (χ1v) is 7.02. The highest BCUT2D eigenvalue weighted by Crippen LogP contribution is 2.19. The Morgan fingerprint density at radius 1 is 1.47 bits per heavy atom. The van der Waals surface area contributed by atoms with Crippen molar-refractivity contribution in [2.24, 2.45) is 0 Å². The molecule has 0 atom stereocenters. The van der Waals surface area contributed by atoms with Gasteiger partial charge in [-0.25, -0.2) is 9.97 Å². The number of carbonyl (C=O) groups is 1. The first-order chi connectivity index (χ1) is 9.20. The lowest BCUT2D eigenvalue weighted by molar-refractivity contribution is 0.0950. The van der Waals surface area contributed by atoms with Crippen molar-refractivity contribution in [2.75, 3.05) is 11.9 Å². The van der Waals surface area contributed by atoms with E-state index in [9.17, 15) is 4.79 Å². The monoisotopic (exact) mass is 296 g/mol. The van der Waals surface area contributed by atoms with Crippen LogP contribution in [-0.2, 0) is 6.54 Å². The molecule has 19 heavy (non-hydrogen) atoms. The van der Waals surface area contributed by atoms with Gasteiger partial charge in [-0.1, -0.05) is 11.6 Å². The topological polar surface area (TPSA) is 66.9 Å². The van der Waals surface area contributed by atoms with Gasteiger partial charge in [0.15, 0.2) is 0 Å². The highest BCUT2D eigenvalue weighted by molar-refractivity contribution is 7.09. The smallest absolute Gasteiger partial charge is 0.253 e. The van der Waals surface area contributed by atoms with E-state index < -0.39 is 0 Å². The molecule has 1 amide bonds. The average Bonchev–Trinajstić information content (AvgIpc) is 2.91. The Kier molecular flexibility index (Phi) is 4.70. The molecule has 0 aliphatic rings. The molecule has 2 rings (SSSR count). The SMILES string of the molecule is CCNc1ncc(C(=O)NCc2nccs2)cc1Cl. The number of halogens is 1. The lowest BCUT2D eigenvalue weighted by atomic mass is 10.2. The Bertz CT molecular complexity index is 559. The average molecular weight is 297 g/mol. The molecular formula is C12H13ClN4OS. The van der Waals surface area contributed by atoms with E-state index in [0.29, 0.717) is 22.9 Å². The predicted octanol–water partition coefficient (Wildman–Crippen LogP) is 2.55. The second-order valence-electron chi connectivity index (χ2n) is 3.69. The molecule has 2 N–H and O–H groups in total. The fourth-order valence-corrected chi connectivity index (χ4v) is 2.25. The van der Waals surface area contributed by atoms with Crippen LogP contribution in [0.3, 0.4) is 0 Å². The number of nitrogens with zero attached hydrogens (tertiary/aromatic N) is 2. The van der Waals surface area contributed by atoms with Crippen LogP contribution in [0, 0.1) is 0 Å². The molecule has 0 aliphatic heterocycles. The zero-order valence-electron chi connectivity index (χ0n) is 10.3. The molecule has 0 unspecified atom stereocenters. The summed E-state index contributed by atoms with van der Waals surface area (Å²) in [4.78, 5) is 20.1. The quantitative estimate of drug-likeness (QED) is 0.890. The second-order valence-corrected chi connectivity index (χ2v) is 5.08. The molecule has 0 fully saturated rings. The maximum absolute atomic E-state index is 11.9. The van der Waals surface area contributed by atoms with Gasteiger partial charge in [-0.3, -0.25) is 4.79 Å². The van der Waals surface area contributed by atoms with Crippen molar-refractivity contribution in [3.63, 3.8) is 0 Å². The molecule has 2 heterocycles. The number of thiazole rings is 1. The van der Waals surface area contributed by atoms with E-state index >= 15 is 0 Å². The first kappa shape index (κ1) is 13.8. The van der Waals surface area contributed by atoms with E-state index in [4.69, 9.17) is 11.6 Å². The van der Waals surface area contributed by atoms with Crippen LogP contribution in [0.25, 0.3) is 0 Å². The zero-order valence-corrected chi connectivity index (χ0v) is 11.9. The molecule has 0 radical (unpaired) electrons. The van der Waals surface area contributed by atoms with E-state index in [1.165, 1.54) is 17.5 Å². The van der Waals surface area contributed by atoms with Crippen LogP contribution in [0.1, 0.15) is 22.3 Å². The van der Waals surface area contributed by atoms with Crippen LogP contribution in [0.15, 0.2) is 23.8 Å². The summed E-state index contributed by atoms with van der Waals surface area (Å²) in [5.74, 6) is 0.369. The molecular weight excluding hydrogens is 284 g/mol. The molecule has 0 spiro atoms. The van der Waals surface area contributed by atoms with E-state index in [0.717, 1.165) is 11.6 Å². The molecule has 5 nitrogen and oxygen atoms in total. The van der Waals surface area contributed by atoms with Gasteiger partial charge in [0.05, 0.1) is 17.1 Å². The van der Waals surface area contributed by atoms with Crippen LogP contribution in [0.5, 0.6) is 0 Å². The molecule has 0 aromatic carbocycles. The van der Waals surface area contributed by atoms with Gasteiger partial charge in [0.2, 0.25) is 0 Å². The molecule has 100 valence electrons. The van der Waals surface area contributed by atoms with Crippen LogP contribution in [0.4, 0.5) is 5.82 Å². The number of anilines is 1. The minimum atomic E-state index is -0.215. The standard InChI is InChI=1S/C12H13ClN4OS/c1-2-14-11-9(13)5-8(6-16-11)12(18)17-7-10-15-3-4-19-10/h3-6H,2,7H2,1H3,(H,14,16)(H,17,18). The minimum Gasteiger partial charge on any atom is -0.369 e. The maximum atomic E-state index is 11.9. The van der Waals surface area contributed by atoms with Gasteiger partial charge in [0, 0.05) is 24.3 Å². The summed E-state index contributed by atoms with van der Waals surface area (Å²) in [5.41, 5.74) is 0.434. The van der Waals surface area contributed by atoms with Gasteiger partial charge >= 0.3 is 0 Å². The molecule has 7 heteroatoms. The Morgan fingerprint density at radius 2 is 2.32 bits per heavy atom. The van der Waals surface area contributed by atoms with Crippen molar-refractivity contribution < 1.29 is 4.79 Å². The molecule has 2 aromatic heterocycles. The van der Waals surface area contributed by atoms with Gasteiger partial charge in [0.1, 0.15) is 10.8 Å². The number of amides is 1. The molecule has 0 saturated heterocycles. The highest BCUT2D eigenvalue weighted by Gasteiger charge is 2.09. The Hall–Kier alpha value is -1.66. The summed E-state index contributed by atoms with van der Waals surface area (Å²) >= 11 is 7.53. The number of nitrogens with one attached hydrogen (secondary N) is 2. The lowest BCUT2D eigenvalue weighted by Gasteiger charge is -2.07. The molecule has 2 aromatic rings. The van der Waals surface area contributed by atoms with Gasteiger partial charge in [-0.15, -0.1) is 11.3 Å². The predicted molar refractivity (Wildman–Crippen MR) is 76.7 cm³/mol. The third-order valence-corrected chi connectivity index (χ3v) is 3.40. The van der Waals surface area contributed by atoms with Gasteiger partial charge in [-0.05, 0) is 13.0 Å². The number of rotatable bonds is 5. The van der Waals surface area contributed by atoms with Gasteiger partial charge in [0.25, 0.3) is 5.91 Å². The van der Waals surface area contributed by atoms with Crippen LogP contribution < -0.4 is 10.6 Å². The number of pyridine rings is 1. The van der Waals surface area contributed by atoms with Crippen molar-refractivity contribution in [2.45, 2.75) is 13.5 Å². The Labute approximate surface area is 120 Å². The summed E-state index contributed by atoms with van der Waals surface area (Å²) in [6.45, 7) is 3.08. The zero-order chi connectivity index (χ0) is 13.7. The van der Waals surface area contributed by atoms with Crippen LogP contribution in [0.2, 0.25) is 5.02 Å². The summed E-state index contributed by atoms with van der Waals surface area (Å²) in [7, 11) is 0. The van der Waals surface area contributed by atoms with E-state index in [-0.39, 0.29) is 5.91 Å². The highest BCUT2D eigenvalue weighted by atomic mass is 35.5. The maximum Gasteiger partial charge on any atom is 0.253 e. The summed E-state index contributed by atoms with van der Waals surface area (Å²) in [6.07, 6.45) is 3.21. The fourth-order valence-electron chi connectivity index (χ4n) is 1.46. The lowest BCUT2D eigenvalue weighted by Crippen LogP contribution is -2.23. The second kappa shape index (κ2) is 6.49. The first-order valence-electron chi connectivity index (χ1n) is 5.76. The van der Waals surface area contributed by atoms with Crippen molar-refractivity contribution >= 4 is 34.7 Å². The third kappa shape index (κ3) is 3.65. The summed E-state index contributed by atoms with van der Waals surface area (Å²) in [5, 5.41) is 8.94. The number of aromatic nitrogens is 2. The summed E-state index contributed by atoms with van der Waals surface area (Å²) < 4.78 is 0. The third-order valence-electron chi connectivity index (χ3n) is 2.33. The van der Waals surface area contributed by atoms with E-state index in [1.807, 2.05) is 12.3 Å². The summed E-state index contributed by atoms with van der Waals surface area (Å²) in [6, 6.07) is 1.60. The van der Waals surface area contributed by atoms with E-state index in [2.05, 4.69) is 20.6 Å². The van der Waals surface area contributed by atoms with Crippen molar-refractivity contribution in [1.29, 1.82) is 0 Å². The van der Waals surface area contributed by atoms with Crippen LogP contribution >= 0.6 is 22.9 Å². The van der Waals surface area contributed by atoms with Crippen molar-refractivity contribution in [3.8, 4) is 0 Å². The Balaban J connectivity index is 2.01. The van der Waals surface area contributed by atoms with Crippen molar-refractivity contribution in [3.05, 3.63) is 39.4 Å². The normalized spacial score (nSPS) is 10.2. The molecule has 0 saturated carbocycles. The number of carbonyl (C=O) groups excluding carboxylic acids is 1. The van der Waals surface area contributed by atoms with Crippen molar-refractivity contribution in [1.82, 2.24) is 15.3 Å². The fraction of sp³-hybridized carbons (Fsp3) is 0.250. The Morgan fingerprint density at radius 3 is 2.95 bits per heavy atom. The minimum absolute atomic E-state index is 0.215. The largest absolute Gasteiger partial charge is 0.369 e. The number of hydrogen-bond acceptors (Lipinski definition) is 5. The van der Waals surface area contributed by atoms with Crippen LogP contribution in [-0.4, -0.2) is 22.4 Å². The molecule has 0 bridgehead atoms. The number of hydrogen-bond donors (Lipinski definition) is 2. The van der Waals surface area contributed by atoms with E-state index in [1.54, 1.807) is 12.3 Å². The van der Waals surface area contributed by atoms with Gasteiger partial charge < -0.3 is 10.6 Å².